The minimum absolute atomic E-state index is 0.00683. The molecule has 0 radical (unpaired) electrons. The van der Waals surface area contributed by atoms with E-state index in [0.29, 0.717) is 5.56 Å². The number of esters is 1. The molecule has 2 aromatic carbocycles. The highest BCUT2D eigenvalue weighted by Crippen LogP contribution is 2.12. The molecule has 0 spiro atoms. The SMILES string of the molecule is CC(=O)N[C@@H](Cc1ccc(O)cc1)C(=O)N[C@H](CCC(=O)OCc1ccccc1)C(=O)N[C@@H](CC(=O)O)C(=O)NCCOCCOCCN=[N+]=[N-]. The number of azide groups is 1. The number of ether oxygens (including phenoxy) is 3. The van der Waals surface area contributed by atoms with Crippen LogP contribution in [0.15, 0.2) is 59.7 Å². The molecule has 2 aromatic rings. The summed E-state index contributed by atoms with van der Waals surface area (Å²) in [4.78, 5) is 78.6. The van der Waals surface area contributed by atoms with Crippen molar-refractivity contribution in [1.82, 2.24) is 21.3 Å². The number of carbonyl (C=O) groups is 6. The van der Waals surface area contributed by atoms with Gasteiger partial charge in [0.15, 0.2) is 0 Å². The Bertz CT molecular complexity index is 1490. The van der Waals surface area contributed by atoms with Crippen molar-refractivity contribution in [3.05, 3.63) is 76.2 Å². The summed E-state index contributed by atoms with van der Waals surface area (Å²) >= 11 is 0. The summed E-state index contributed by atoms with van der Waals surface area (Å²) in [6.07, 6.45) is -1.45. The van der Waals surface area contributed by atoms with Crippen LogP contribution < -0.4 is 21.3 Å². The lowest BCUT2D eigenvalue weighted by Gasteiger charge is -2.25. The number of hydrogen-bond acceptors (Lipinski definition) is 11. The highest BCUT2D eigenvalue weighted by molar-refractivity contribution is 5.95. The van der Waals surface area contributed by atoms with E-state index in [-0.39, 0.29) is 71.1 Å². The van der Waals surface area contributed by atoms with Crippen LogP contribution in [0.5, 0.6) is 5.75 Å². The Balaban J connectivity index is 2.10. The van der Waals surface area contributed by atoms with Gasteiger partial charge in [0.2, 0.25) is 23.6 Å². The Kier molecular flexibility index (Phi) is 19.2. The van der Waals surface area contributed by atoms with E-state index in [1.165, 1.54) is 19.1 Å². The predicted molar refractivity (Wildman–Crippen MR) is 180 cm³/mol. The van der Waals surface area contributed by atoms with E-state index in [4.69, 9.17) is 19.7 Å². The first-order valence-corrected chi connectivity index (χ1v) is 16.0. The first kappa shape index (κ1) is 41.5. The Hall–Kier alpha value is -5.71. The lowest BCUT2D eigenvalue weighted by Crippen LogP contribution is -2.57. The minimum atomic E-state index is -1.56. The third-order valence-electron chi connectivity index (χ3n) is 6.91. The lowest BCUT2D eigenvalue weighted by atomic mass is 10.0. The van der Waals surface area contributed by atoms with Gasteiger partial charge in [-0.2, -0.15) is 0 Å². The second-order valence-electron chi connectivity index (χ2n) is 11.0. The molecule has 0 bridgehead atoms. The average Bonchev–Trinajstić information content (AvgIpc) is 3.10. The molecule has 4 amide bonds. The smallest absolute Gasteiger partial charge is 0.306 e. The van der Waals surface area contributed by atoms with Crippen LogP contribution in [0.4, 0.5) is 0 Å². The number of phenolic OH excluding ortho intramolecular Hbond substituents is 1. The van der Waals surface area contributed by atoms with E-state index >= 15 is 0 Å². The van der Waals surface area contributed by atoms with Crippen LogP contribution in [0, 0.1) is 0 Å². The van der Waals surface area contributed by atoms with Crippen LogP contribution in [-0.4, -0.2) is 103 Å². The summed E-state index contributed by atoms with van der Waals surface area (Å²) in [6.45, 7) is 1.92. The summed E-state index contributed by atoms with van der Waals surface area (Å²) in [5.41, 5.74) is 9.54. The predicted octanol–water partition coefficient (Wildman–Crippen LogP) is 0.867. The topological polar surface area (TPSA) is 267 Å². The lowest BCUT2D eigenvalue weighted by molar-refractivity contribution is -0.145. The molecular formula is C33H43N7O11. The van der Waals surface area contributed by atoms with Crippen LogP contribution in [0.2, 0.25) is 0 Å². The quantitative estimate of drug-likeness (QED) is 0.0292. The van der Waals surface area contributed by atoms with E-state index < -0.39 is 60.1 Å². The highest BCUT2D eigenvalue weighted by atomic mass is 16.5. The monoisotopic (exact) mass is 713 g/mol. The van der Waals surface area contributed by atoms with E-state index in [2.05, 4.69) is 31.3 Å². The van der Waals surface area contributed by atoms with Gasteiger partial charge in [0, 0.05) is 37.8 Å². The largest absolute Gasteiger partial charge is 0.508 e. The molecule has 0 aliphatic rings. The summed E-state index contributed by atoms with van der Waals surface area (Å²) in [5, 5.41) is 32.2. The normalized spacial score (nSPS) is 12.3. The Morgan fingerprint density at radius 3 is 2.10 bits per heavy atom. The van der Waals surface area contributed by atoms with Gasteiger partial charge >= 0.3 is 11.9 Å². The van der Waals surface area contributed by atoms with Gasteiger partial charge in [-0.15, -0.1) is 0 Å². The molecule has 3 atom stereocenters. The zero-order valence-electron chi connectivity index (χ0n) is 28.1. The van der Waals surface area contributed by atoms with Gasteiger partial charge in [-0.05, 0) is 35.2 Å². The van der Waals surface area contributed by atoms with Crippen molar-refractivity contribution >= 4 is 35.6 Å². The number of nitrogens with zero attached hydrogens (tertiary/aromatic N) is 3. The summed E-state index contributed by atoms with van der Waals surface area (Å²) in [6, 6.07) is 10.6. The van der Waals surface area contributed by atoms with Gasteiger partial charge in [-0.1, -0.05) is 47.6 Å². The second-order valence-corrected chi connectivity index (χ2v) is 11.0. The van der Waals surface area contributed by atoms with Crippen molar-refractivity contribution < 1.29 is 53.2 Å². The van der Waals surface area contributed by atoms with E-state index in [0.717, 1.165) is 5.56 Å². The standard InChI is InChI=1S/C33H43N7O11/c1-22(41)37-27(19-23-7-9-25(42)10-8-23)33(48)38-26(11-12-30(45)51-21-24-5-3-2-4-6-24)32(47)39-28(20-29(43)44)31(46)35-13-15-49-17-18-50-16-14-36-40-34/h2-10,26-28,42H,11-21H2,1H3,(H,35,46)(H,37,41)(H,38,48)(H,39,47)(H,43,44)/t26-,27+,28+/m1/s1. The molecule has 0 saturated heterocycles. The fourth-order valence-corrected chi connectivity index (χ4v) is 4.43. The fourth-order valence-electron chi connectivity index (χ4n) is 4.43. The molecule has 51 heavy (non-hydrogen) atoms. The second kappa shape index (κ2) is 23.6. The molecule has 0 aromatic heterocycles. The van der Waals surface area contributed by atoms with Crippen LogP contribution in [0.3, 0.4) is 0 Å². The van der Waals surface area contributed by atoms with Crippen molar-refractivity contribution in [3.63, 3.8) is 0 Å². The number of rotatable bonds is 24. The molecule has 0 aliphatic heterocycles. The maximum absolute atomic E-state index is 13.5. The van der Waals surface area contributed by atoms with Crippen molar-refractivity contribution in [2.45, 2.75) is 57.3 Å². The molecular weight excluding hydrogens is 670 g/mol. The fraction of sp³-hybridized carbons (Fsp3) is 0.455. The van der Waals surface area contributed by atoms with Crippen LogP contribution in [-0.2, 0) is 56.0 Å². The van der Waals surface area contributed by atoms with Crippen molar-refractivity contribution in [2.75, 3.05) is 39.5 Å². The van der Waals surface area contributed by atoms with Crippen LogP contribution in [0.1, 0.15) is 37.3 Å². The molecule has 0 unspecified atom stereocenters. The minimum Gasteiger partial charge on any atom is -0.508 e. The third-order valence-corrected chi connectivity index (χ3v) is 6.91. The molecule has 18 nitrogen and oxygen atoms in total. The number of aliphatic carboxylic acids is 1. The molecule has 0 fully saturated rings. The molecule has 0 saturated carbocycles. The van der Waals surface area contributed by atoms with Gasteiger partial charge in [-0.25, -0.2) is 0 Å². The zero-order chi connectivity index (χ0) is 37.4. The Labute approximate surface area is 293 Å². The van der Waals surface area contributed by atoms with Gasteiger partial charge in [0.25, 0.3) is 0 Å². The number of carboxylic acid groups (broad SMARTS) is 1. The van der Waals surface area contributed by atoms with Crippen molar-refractivity contribution in [3.8, 4) is 5.75 Å². The molecule has 6 N–H and O–H groups in total. The Morgan fingerprint density at radius 2 is 1.45 bits per heavy atom. The first-order valence-electron chi connectivity index (χ1n) is 16.0. The van der Waals surface area contributed by atoms with Gasteiger partial charge in [0.1, 0.15) is 30.5 Å². The number of benzene rings is 2. The molecule has 0 aliphatic carbocycles. The zero-order valence-corrected chi connectivity index (χ0v) is 28.1. The molecule has 2 rings (SSSR count). The van der Waals surface area contributed by atoms with Gasteiger partial charge in [0.05, 0.1) is 32.8 Å². The van der Waals surface area contributed by atoms with Crippen LogP contribution >= 0.6 is 0 Å². The van der Waals surface area contributed by atoms with Gasteiger partial charge in [-0.3, -0.25) is 28.8 Å². The maximum Gasteiger partial charge on any atom is 0.306 e. The number of carbonyl (C=O) groups excluding carboxylic acids is 5. The number of phenols is 1. The summed E-state index contributed by atoms with van der Waals surface area (Å²) in [5.74, 6) is -5.22. The third kappa shape index (κ3) is 18.0. The van der Waals surface area contributed by atoms with Gasteiger partial charge < -0.3 is 45.7 Å². The number of aromatic hydroxyl groups is 1. The Morgan fingerprint density at radius 1 is 0.804 bits per heavy atom. The van der Waals surface area contributed by atoms with E-state index in [9.17, 15) is 39.0 Å². The number of amides is 4. The van der Waals surface area contributed by atoms with E-state index in [1.807, 2.05) is 0 Å². The highest BCUT2D eigenvalue weighted by Gasteiger charge is 2.31. The molecule has 0 heterocycles. The van der Waals surface area contributed by atoms with E-state index in [1.54, 1.807) is 42.5 Å². The maximum atomic E-state index is 13.5. The van der Waals surface area contributed by atoms with Crippen molar-refractivity contribution in [1.29, 1.82) is 0 Å². The summed E-state index contributed by atoms with van der Waals surface area (Å²) in [7, 11) is 0. The van der Waals surface area contributed by atoms with Crippen molar-refractivity contribution in [2.24, 2.45) is 5.11 Å². The summed E-state index contributed by atoms with van der Waals surface area (Å²) < 4.78 is 15.8. The average molecular weight is 714 g/mol. The molecule has 18 heteroatoms. The number of nitrogens with one attached hydrogen (secondary N) is 4. The number of carboxylic acids is 1. The first-order chi connectivity index (χ1) is 24.5. The van der Waals surface area contributed by atoms with Crippen LogP contribution in [0.25, 0.3) is 10.4 Å². The molecule has 276 valence electrons. The number of hydrogen-bond donors (Lipinski definition) is 6.